The minimum atomic E-state index is -4.15. The summed E-state index contributed by atoms with van der Waals surface area (Å²) in [5, 5.41) is 8.80. The summed E-state index contributed by atoms with van der Waals surface area (Å²) in [6.45, 7) is 3.49. The molecule has 0 fully saturated rings. The molecule has 0 saturated heterocycles. The second-order valence-electron chi connectivity index (χ2n) is 4.00. The van der Waals surface area contributed by atoms with Crippen molar-refractivity contribution in [3.8, 4) is 0 Å². The summed E-state index contributed by atoms with van der Waals surface area (Å²) < 4.78 is 29.9. The first kappa shape index (κ1) is 13.6. The van der Waals surface area contributed by atoms with E-state index in [9.17, 15) is 13.2 Å². The number of para-hydroxylation sites is 1. The lowest BCUT2D eigenvalue weighted by atomic mass is 10.2. The van der Waals surface area contributed by atoms with Gasteiger partial charge in [-0.1, -0.05) is 30.9 Å². The molecule has 1 aromatic carbocycles. The van der Waals surface area contributed by atoms with Crippen LogP contribution in [0.4, 0.5) is 5.69 Å². The van der Waals surface area contributed by atoms with E-state index in [1.165, 1.54) is 0 Å². The van der Waals surface area contributed by atoms with Gasteiger partial charge in [0.2, 0.25) is 0 Å². The van der Waals surface area contributed by atoms with E-state index in [-0.39, 0.29) is 6.54 Å². The molecule has 1 heterocycles. The molecule has 0 bridgehead atoms. The van der Waals surface area contributed by atoms with Gasteiger partial charge in [-0.2, -0.15) is 8.42 Å². The van der Waals surface area contributed by atoms with Crippen molar-refractivity contribution in [1.82, 2.24) is 0 Å². The van der Waals surface area contributed by atoms with E-state index < -0.39 is 22.4 Å². The van der Waals surface area contributed by atoms with Crippen LogP contribution in [0.3, 0.4) is 0 Å². The molecule has 19 heavy (non-hydrogen) atoms. The Kier molecular flexibility index (Phi) is 3.59. The van der Waals surface area contributed by atoms with Crippen molar-refractivity contribution in [2.75, 3.05) is 10.8 Å². The Bertz CT molecular complexity index is 610. The Balaban J connectivity index is 2.27. The van der Waals surface area contributed by atoms with Gasteiger partial charge in [0.1, 0.15) is 0 Å². The highest BCUT2D eigenvalue weighted by molar-refractivity contribution is 7.88. The van der Waals surface area contributed by atoms with Crippen molar-refractivity contribution in [2.24, 2.45) is 0 Å². The number of benzene rings is 1. The van der Waals surface area contributed by atoms with E-state index in [1.807, 2.05) is 12.1 Å². The van der Waals surface area contributed by atoms with Crippen LogP contribution in [0.2, 0.25) is 0 Å². The number of carboxylic acids is 1. The zero-order chi connectivity index (χ0) is 14.0. The lowest BCUT2D eigenvalue weighted by Gasteiger charge is -2.20. The quantitative estimate of drug-likeness (QED) is 0.813. The van der Waals surface area contributed by atoms with Gasteiger partial charge in [0.15, 0.2) is 6.10 Å². The molecule has 102 valence electrons. The molecule has 1 atom stereocenters. The van der Waals surface area contributed by atoms with Crippen LogP contribution in [0.1, 0.15) is 5.56 Å². The zero-order valence-corrected chi connectivity index (χ0v) is 10.8. The molecule has 2 rings (SSSR count). The highest BCUT2D eigenvalue weighted by Crippen LogP contribution is 2.30. The van der Waals surface area contributed by atoms with Crippen LogP contribution in [0.25, 0.3) is 0 Å². The minimum absolute atomic E-state index is 0.241. The SMILES string of the molecule is C=CC(OS(=O)(=O)N1CCc2ccccc21)C(=O)O. The molecule has 1 unspecified atom stereocenters. The first-order chi connectivity index (χ1) is 8.95. The van der Waals surface area contributed by atoms with Crippen molar-refractivity contribution in [3.63, 3.8) is 0 Å². The van der Waals surface area contributed by atoms with Crippen molar-refractivity contribution in [3.05, 3.63) is 42.5 Å². The van der Waals surface area contributed by atoms with Gasteiger partial charge in [-0.3, -0.25) is 0 Å². The molecule has 1 aliphatic heterocycles. The Morgan fingerprint density at radius 2 is 2.16 bits per heavy atom. The summed E-state index contributed by atoms with van der Waals surface area (Å²) in [4.78, 5) is 10.8. The van der Waals surface area contributed by atoms with Gasteiger partial charge in [0.05, 0.1) is 5.69 Å². The summed E-state index contributed by atoms with van der Waals surface area (Å²) in [7, 11) is -4.15. The lowest BCUT2D eigenvalue weighted by Crippen LogP contribution is -2.36. The summed E-state index contributed by atoms with van der Waals surface area (Å²) in [6, 6.07) is 7.02. The van der Waals surface area contributed by atoms with E-state index in [0.717, 1.165) is 15.9 Å². The Morgan fingerprint density at radius 1 is 1.47 bits per heavy atom. The number of hydrogen-bond donors (Lipinski definition) is 1. The van der Waals surface area contributed by atoms with E-state index >= 15 is 0 Å². The first-order valence-electron chi connectivity index (χ1n) is 5.60. The predicted molar refractivity (Wildman–Crippen MR) is 69.1 cm³/mol. The maximum absolute atomic E-state index is 12.1. The highest BCUT2D eigenvalue weighted by Gasteiger charge is 2.33. The summed E-state index contributed by atoms with van der Waals surface area (Å²) >= 11 is 0. The first-order valence-corrected chi connectivity index (χ1v) is 6.96. The van der Waals surface area contributed by atoms with Crippen LogP contribution in [0, 0.1) is 0 Å². The second-order valence-corrected chi connectivity index (χ2v) is 5.49. The molecule has 0 aromatic heterocycles. The fourth-order valence-corrected chi connectivity index (χ4v) is 3.17. The number of anilines is 1. The molecule has 0 saturated carbocycles. The summed E-state index contributed by atoms with van der Waals surface area (Å²) in [6.07, 6.45) is -0.0790. The predicted octanol–water partition coefficient (Wildman–Crippen LogP) is 0.950. The third-order valence-electron chi connectivity index (χ3n) is 2.80. The molecule has 1 aliphatic rings. The van der Waals surface area contributed by atoms with Crippen LogP contribution < -0.4 is 4.31 Å². The molecular formula is C12H13NO5S. The second kappa shape index (κ2) is 5.02. The fourth-order valence-electron chi connectivity index (χ4n) is 1.90. The number of carbonyl (C=O) groups is 1. The average Bonchev–Trinajstić information content (AvgIpc) is 2.80. The van der Waals surface area contributed by atoms with Gasteiger partial charge in [0.25, 0.3) is 0 Å². The molecule has 1 N–H and O–H groups in total. The average molecular weight is 283 g/mol. The van der Waals surface area contributed by atoms with Crippen molar-refractivity contribution in [1.29, 1.82) is 0 Å². The highest BCUT2D eigenvalue weighted by atomic mass is 32.2. The van der Waals surface area contributed by atoms with Crippen molar-refractivity contribution in [2.45, 2.75) is 12.5 Å². The van der Waals surface area contributed by atoms with Gasteiger partial charge in [0, 0.05) is 6.54 Å². The third-order valence-corrected chi connectivity index (χ3v) is 4.17. The minimum Gasteiger partial charge on any atom is -0.479 e. The smallest absolute Gasteiger partial charge is 0.363 e. The van der Waals surface area contributed by atoms with Crippen LogP contribution in [-0.4, -0.2) is 32.1 Å². The Labute approximate surface area is 111 Å². The zero-order valence-electron chi connectivity index (χ0n) is 10.0. The largest absolute Gasteiger partial charge is 0.479 e. The third kappa shape index (κ3) is 2.61. The normalized spacial score (nSPS) is 15.9. The monoisotopic (exact) mass is 283 g/mol. The van der Waals surface area contributed by atoms with Crippen molar-refractivity contribution >= 4 is 22.0 Å². The number of carboxylic acid groups (broad SMARTS) is 1. The fraction of sp³-hybridized carbons (Fsp3) is 0.250. The standard InChI is InChI=1S/C12H13NO5S/c1-2-11(12(14)15)18-19(16,17)13-8-7-9-5-3-4-6-10(9)13/h2-6,11H,1,7-8H2,(H,14,15). The van der Waals surface area contributed by atoms with Crippen molar-refractivity contribution < 1.29 is 22.5 Å². The van der Waals surface area contributed by atoms with Gasteiger partial charge in [-0.05, 0) is 18.1 Å². The molecule has 0 radical (unpaired) electrons. The van der Waals surface area contributed by atoms with Gasteiger partial charge in [-0.25, -0.2) is 13.3 Å². The number of nitrogens with zero attached hydrogens (tertiary/aromatic N) is 1. The molecular weight excluding hydrogens is 270 g/mol. The van der Waals surface area contributed by atoms with E-state index in [0.29, 0.717) is 12.1 Å². The molecule has 7 heteroatoms. The maximum Gasteiger partial charge on any atom is 0.363 e. The summed E-state index contributed by atoms with van der Waals surface area (Å²) in [5.74, 6) is -1.40. The lowest BCUT2D eigenvalue weighted by molar-refractivity contribution is -0.142. The van der Waals surface area contributed by atoms with Gasteiger partial charge < -0.3 is 5.11 Å². The Hall–Kier alpha value is -1.86. The molecule has 1 aromatic rings. The molecule has 0 spiro atoms. The topological polar surface area (TPSA) is 83.9 Å². The molecule has 6 nitrogen and oxygen atoms in total. The van der Waals surface area contributed by atoms with Crippen LogP contribution in [-0.2, 0) is 25.7 Å². The number of fused-ring (bicyclic) bond motifs is 1. The Morgan fingerprint density at radius 3 is 2.79 bits per heavy atom. The number of hydrogen-bond acceptors (Lipinski definition) is 4. The number of rotatable bonds is 5. The molecule has 0 aliphatic carbocycles. The van der Waals surface area contributed by atoms with Gasteiger partial charge >= 0.3 is 16.3 Å². The van der Waals surface area contributed by atoms with E-state index in [4.69, 9.17) is 5.11 Å². The van der Waals surface area contributed by atoms with Crippen LogP contribution in [0.5, 0.6) is 0 Å². The van der Waals surface area contributed by atoms with E-state index in [2.05, 4.69) is 10.8 Å². The maximum atomic E-state index is 12.1. The van der Waals surface area contributed by atoms with Gasteiger partial charge in [-0.15, -0.1) is 0 Å². The van der Waals surface area contributed by atoms with E-state index in [1.54, 1.807) is 12.1 Å². The van der Waals surface area contributed by atoms with Crippen LogP contribution >= 0.6 is 0 Å². The number of aliphatic carboxylic acids is 1. The molecule has 0 amide bonds. The van der Waals surface area contributed by atoms with Crippen LogP contribution in [0.15, 0.2) is 36.9 Å². The summed E-state index contributed by atoms with van der Waals surface area (Å²) in [5.41, 5.74) is 1.41.